The Labute approximate surface area is 192 Å². The van der Waals surface area contributed by atoms with Crippen molar-refractivity contribution in [3.8, 4) is 6.07 Å². The molecular formula is C24H24N4O4S. The van der Waals surface area contributed by atoms with Gasteiger partial charge in [0.2, 0.25) is 10.0 Å². The Morgan fingerprint density at radius 3 is 2.61 bits per heavy atom. The van der Waals surface area contributed by atoms with Gasteiger partial charge in [-0.3, -0.25) is 9.59 Å². The number of hydrogen-bond donors (Lipinski definition) is 2. The van der Waals surface area contributed by atoms with E-state index in [0.29, 0.717) is 22.3 Å². The van der Waals surface area contributed by atoms with E-state index in [-0.39, 0.29) is 24.8 Å². The van der Waals surface area contributed by atoms with Crippen LogP contribution in [0.15, 0.2) is 36.4 Å². The zero-order valence-electron chi connectivity index (χ0n) is 18.8. The highest BCUT2D eigenvalue weighted by molar-refractivity contribution is 7.88. The molecule has 170 valence electrons. The number of sulfonamides is 1. The Kier molecular flexibility index (Phi) is 5.39. The number of H-pyrrole nitrogens is 1. The molecule has 2 aromatic carbocycles. The van der Waals surface area contributed by atoms with Gasteiger partial charge in [0.05, 0.1) is 23.5 Å². The fraction of sp³-hybridized carbons (Fsp3) is 0.292. The van der Waals surface area contributed by atoms with Gasteiger partial charge in [0.25, 0.3) is 5.91 Å². The Morgan fingerprint density at radius 1 is 1.21 bits per heavy atom. The monoisotopic (exact) mass is 464 g/mol. The van der Waals surface area contributed by atoms with E-state index in [9.17, 15) is 23.3 Å². The van der Waals surface area contributed by atoms with E-state index in [2.05, 4.69) is 15.8 Å². The summed E-state index contributed by atoms with van der Waals surface area (Å²) in [6.45, 7) is 4.30. The lowest BCUT2D eigenvalue weighted by Crippen LogP contribution is -2.36. The number of rotatable bonds is 5. The number of ketones is 1. The third kappa shape index (κ3) is 3.92. The molecule has 0 unspecified atom stereocenters. The topological polar surface area (TPSA) is 123 Å². The van der Waals surface area contributed by atoms with Crippen LogP contribution >= 0.6 is 0 Å². The van der Waals surface area contributed by atoms with Crippen molar-refractivity contribution in [2.45, 2.75) is 19.3 Å². The molecule has 0 aliphatic heterocycles. The average Bonchev–Trinajstić information content (AvgIpc) is 3.16. The van der Waals surface area contributed by atoms with E-state index in [1.54, 1.807) is 43.4 Å². The number of carbonyl (C=O) groups is 2. The maximum absolute atomic E-state index is 13.4. The van der Waals surface area contributed by atoms with Crippen LogP contribution in [0.2, 0.25) is 0 Å². The largest absolute Gasteiger partial charge is 0.357 e. The second-order valence-electron chi connectivity index (χ2n) is 8.85. The number of carbonyl (C=O) groups excluding carboxylic acids is 2. The van der Waals surface area contributed by atoms with Gasteiger partial charge in [0.15, 0.2) is 5.78 Å². The zero-order valence-corrected chi connectivity index (χ0v) is 19.6. The SMILES string of the molecule is CN(CCNS(C)(=O)=O)C(=O)c1ccc2c(c1)C(C)(C)c1[nH]c3cc(C#N)ccc3c1C2=O. The first-order chi connectivity index (χ1) is 15.4. The predicted molar refractivity (Wildman–Crippen MR) is 125 cm³/mol. The van der Waals surface area contributed by atoms with Crippen molar-refractivity contribution in [1.82, 2.24) is 14.6 Å². The van der Waals surface area contributed by atoms with Gasteiger partial charge < -0.3 is 9.88 Å². The van der Waals surface area contributed by atoms with Crippen LogP contribution in [0.25, 0.3) is 10.9 Å². The molecule has 0 atom stereocenters. The van der Waals surface area contributed by atoms with Gasteiger partial charge in [-0.2, -0.15) is 5.26 Å². The molecule has 0 fully saturated rings. The Hall–Kier alpha value is -3.48. The Morgan fingerprint density at radius 2 is 1.94 bits per heavy atom. The molecular weight excluding hydrogens is 440 g/mol. The van der Waals surface area contributed by atoms with E-state index in [1.165, 1.54) is 4.90 Å². The van der Waals surface area contributed by atoms with Gasteiger partial charge >= 0.3 is 0 Å². The zero-order chi connectivity index (χ0) is 24.1. The van der Waals surface area contributed by atoms with E-state index in [1.807, 2.05) is 13.8 Å². The first-order valence-corrected chi connectivity index (χ1v) is 12.3. The fourth-order valence-corrected chi connectivity index (χ4v) is 4.82. The molecule has 0 bridgehead atoms. The standard InChI is InChI=1S/C24H24N4O4S/c1-24(2)18-12-15(23(30)28(3)10-9-26-33(4,31)32)6-8-16(18)21(29)20-17-7-5-14(13-25)11-19(17)27-22(20)24/h5-8,11-12,26-27H,9-10H2,1-4H3. The number of likely N-dealkylation sites (N-methyl/N-ethyl adjacent to an activating group) is 1. The summed E-state index contributed by atoms with van der Waals surface area (Å²) in [5.41, 5.74) is 3.68. The highest BCUT2D eigenvalue weighted by Gasteiger charge is 2.40. The van der Waals surface area contributed by atoms with Crippen LogP contribution in [0.4, 0.5) is 0 Å². The Bertz CT molecular complexity index is 1460. The maximum atomic E-state index is 13.4. The number of amides is 1. The quantitative estimate of drug-likeness (QED) is 0.601. The van der Waals surface area contributed by atoms with Crippen molar-refractivity contribution in [1.29, 1.82) is 5.26 Å². The minimum absolute atomic E-state index is 0.110. The molecule has 9 heteroatoms. The number of hydrogen-bond acceptors (Lipinski definition) is 5. The molecule has 1 heterocycles. The third-order valence-electron chi connectivity index (χ3n) is 6.12. The average molecular weight is 465 g/mol. The fourth-order valence-electron chi connectivity index (χ4n) is 4.35. The first-order valence-electron chi connectivity index (χ1n) is 10.4. The Balaban J connectivity index is 1.71. The predicted octanol–water partition coefficient (Wildman–Crippen LogP) is 2.53. The summed E-state index contributed by atoms with van der Waals surface area (Å²) in [5.74, 6) is -0.391. The van der Waals surface area contributed by atoms with Crippen LogP contribution in [0.3, 0.4) is 0 Å². The van der Waals surface area contributed by atoms with Crippen molar-refractivity contribution in [3.05, 3.63) is 69.9 Å². The lowest BCUT2D eigenvalue weighted by Gasteiger charge is -2.32. The number of aromatic nitrogens is 1. The molecule has 1 amide bonds. The summed E-state index contributed by atoms with van der Waals surface area (Å²) in [6.07, 6.45) is 1.07. The summed E-state index contributed by atoms with van der Waals surface area (Å²) in [6, 6.07) is 12.4. The molecule has 33 heavy (non-hydrogen) atoms. The molecule has 8 nitrogen and oxygen atoms in total. The number of nitrogens with zero attached hydrogens (tertiary/aromatic N) is 2. The minimum Gasteiger partial charge on any atom is -0.357 e. The number of fused-ring (bicyclic) bond motifs is 4. The molecule has 4 rings (SSSR count). The molecule has 0 spiro atoms. The van der Waals surface area contributed by atoms with Crippen LogP contribution in [0.5, 0.6) is 0 Å². The smallest absolute Gasteiger partial charge is 0.253 e. The van der Waals surface area contributed by atoms with Gasteiger partial charge in [-0.25, -0.2) is 13.1 Å². The molecule has 0 saturated carbocycles. The minimum atomic E-state index is -3.33. The summed E-state index contributed by atoms with van der Waals surface area (Å²) >= 11 is 0. The maximum Gasteiger partial charge on any atom is 0.253 e. The van der Waals surface area contributed by atoms with Gasteiger partial charge in [-0.05, 0) is 35.9 Å². The van der Waals surface area contributed by atoms with Gasteiger partial charge in [0, 0.05) is 53.3 Å². The number of nitriles is 1. The number of aromatic amines is 1. The molecule has 1 aliphatic carbocycles. The second-order valence-corrected chi connectivity index (χ2v) is 10.7. The second kappa shape index (κ2) is 7.83. The highest BCUT2D eigenvalue weighted by Crippen LogP contribution is 2.44. The molecule has 2 N–H and O–H groups in total. The first kappa shape index (κ1) is 22.7. The lowest BCUT2D eigenvalue weighted by molar-refractivity contribution is 0.0797. The van der Waals surface area contributed by atoms with Crippen molar-refractivity contribution in [3.63, 3.8) is 0 Å². The van der Waals surface area contributed by atoms with E-state index in [4.69, 9.17) is 0 Å². The van der Waals surface area contributed by atoms with E-state index in [0.717, 1.165) is 28.4 Å². The molecule has 0 saturated heterocycles. The molecule has 1 aliphatic rings. The van der Waals surface area contributed by atoms with Crippen LogP contribution in [0.1, 0.15) is 56.9 Å². The van der Waals surface area contributed by atoms with Gasteiger partial charge in [-0.15, -0.1) is 0 Å². The van der Waals surface area contributed by atoms with Gasteiger partial charge in [0.1, 0.15) is 0 Å². The number of nitrogens with one attached hydrogen (secondary N) is 2. The van der Waals surface area contributed by atoms with Gasteiger partial charge in [-0.1, -0.05) is 19.9 Å². The van der Waals surface area contributed by atoms with Crippen LogP contribution < -0.4 is 4.72 Å². The summed E-state index contributed by atoms with van der Waals surface area (Å²) in [7, 11) is -1.73. The van der Waals surface area contributed by atoms with Crippen molar-refractivity contribution in [2.75, 3.05) is 26.4 Å². The lowest BCUT2D eigenvalue weighted by atomic mass is 9.71. The van der Waals surface area contributed by atoms with Crippen molar-refractivity contribution < 1.29 is 18.0 Å². The van der Waals surface area contributed by atoms with Crippen LogP contribution in [-0.4, -0.2) is 56.4 Å². The van der Waals surface area contributed by atoms with E-state index >= 15 is 0 Å². The number of benzene rings is 2. The summed E-state index contributed by atoms with van der Waals surface area (Å²) in [5, 5.41) is 9.99. The molecule has 0 radical (unpaired) electrons. The summed E-state index contributed by atoms with van der Waals surface area (Å²) in [4.78, 5) is 31.2. The third-order valence-corrected chi connectivity index (χ3v) is 6.85. The molecule has 1 aromatic heterocycles. The summed E-state index contributed by atoms with van der Waals surface area (Å²) < 4.78 is 24.9. The van der Waals surface area contributed by atoms with Crippen LogP contribution in [0, 0.1) is 11.3 Å². The normalized spacial score (nSPS) is 14.5. The highest BCUT2D eigenvalue weighted by atomic mass is 32.2. The van der Waals surface area contributed by atoms with E-state index < -0.39 is 15.4 Å². The molecule has 3 aromatic rings. The van der Waals surface area contributed by atoms with Crippen LogP contribution in [-0.2, 0) is 15.4 Å². The van der Waals surface area contributed by atoms with Crippen molar-refractivity contribution in [2.24, 2.45) is 0 Å². The van der Waals surface area contributed by atoms with Crippen molar-refractivity contribution >= 4 is 32.6 Å².